The number of halogens is 1. The van der Waals surface area contributed by atoms with E-state index in [1.165, 1.54) is 6.20 Å². The maximum atomic E-state index is 11.6. The van der Waals surface area contributed by atoms with Crippen molar-refractivity contribution in [1.29, 1.82) is 0 Å². The van der Waals surface area contributed by atoms with Crippen LogP contribution in [0.15, 0.2) is 24.5 Å². The minimum atomic E-state index is -0.301. The Hall–Kier alpha value is -1.33. The van der Waals surface area contributed by atoms with E-state index in [1.807, 2.05) is 0 Å². The van der Waals surface area contributed by atoms with Crippen LogP contribution >= 0.6 is 12.4 Å². The second kappa shape index (κ2) is 6.30. The average molecular weight is 244 g/mol. The van der Waals surface area contributed by atoms with Crippen LogP contribution in [0.25, 0.3) is 0 Å². The van der Waals surface area contributed by atoms with Gasteiger partial charge in [0, 0.05) is 32.4 Å². The number of piperazine rings is 1. The third kappa shape index (κ3) is 3.36. The summed E-state index contributed by atoms with van der Waals surface area (Å²) >= 11 is 0. The number of nitrogens with one attached hydrogen (secondary N) is 1. The van der Waals surface area contributed by atoms with Gasteiger partial charge in [-0.15, -0.1) is 12.4 Å². The molecule has 0 unspecified atom stereocenters. The fourth-order valence-corrected chi connectivity index (χ4v) is 1.42. The molecule has 1 N–H and O–H groups in total. The molecule has 5 nitrogen and oxygen atoms in total. The summed E-state index contributed by atoms with van der Waals surface area (Å²) in [6.07, 6.45) is 2.87. The number of hydrogen-bond donors (Lipinski definition) is 1. The second-order valence-corrected chi connectivity index (χ2v) is 3.29. The van der Waals surface area contributed by atoms with E-state index in [4.69, 9.17) is 4.74 Å². The monoisotopic (exact) mass is 243 g/mol. The first-order chi connectivity index (χ1) is 7.36. The summed E-state index contributed by atoms with van der Waals surface area (Å²) in [7, 11) is 0. The van der Waals surface area contributed by atoms with Crippen LogP contribution in [0.2, 0.25) is 0 Å². The quantitative estimate of drug-likeness (QED) is 0.797. The first-order valence-electron chi connectivity index (χ1n) is 4.94. The van der Waals surface area contributed by atoms with E-state index in [2.05, 4.69) is 10.3 Å². The van der Waals surface area contributed by atoms with Crippen LogP contribution in [0.1, 0.15) is 0 Å². The smallest absolute Gasteiger partial charge is 0.409 e. The summed E-state index contributed by atoms with van der Waals surface area (Å²) in [5.74, 6) is 0.487. The van der Waals surface area contributed by atoms with E-state index < -0.39 is 0 Å². The van der Waals surface area contributed by atoms with Gasteiger partial charge in [0.25, 0.3) is 0 Å². The highest BCUT2D eigenvalue weighted by Crippen LogP contribution is 2.08. The Bertz CT molecular complexity index is 328. The van der Waals surface area contributed by atoms with Gasteiger partial charge in [-0.3, -0.25) is 4.98 Å². The lowest BCUT2D eigenvalue weighted by Gasteiger charge is -2.26. The molecular weight excluding hydrogens is 230 g/mol. The van der Waals surface area contributed by atoms with Gasteiger partial charge in [0.2, 0.25) is 0 Å². The summed E-state index contributed by atoms with van der Waals surface area (Å²) in [4.78, 5) is 17.2. The van der Waals surface area contributed by atoms with Crippen LogP contribution in [-0.4, -0.2) is 42.2 Å². The Morgan fingerprint density at radius 3 is 2.81 bits per heavy atom. The lowest BCUT2D eigenvalue weighted by Crippen LogP contribution is -2.47. The number of pyridine rings is 1. The summed E-state index contributed by atoms with van der Waals surface area (Å²) in [6.45, 7) is 3.03. The van der Waals surface area contributed by atoms with Crippen LogP contribution in [0.4, 0.5) is 4.79 Å². The molecule has 1 amide bonds. The SMILES string of the molecule is Cl.O=C(Oc1cccnc1)N1CCNCC1. The number of carbonyl (C=O) groups is 1. The molecule has 1 saturated heterocycles. The van der Waals surface area contributed by atoms with Gasteiger partial charge in [0.05, 0.1) is 6.20 Å². The number of hydrogen-bond acceptors (Lipinski definition) is 4. The topological polar surface area (TPSA) is 54.5 Å². The highest BCUT2D eigenvalue weighted by Gasteiger charge is 2.17. The van der Waals surface area contributed by atoms with Crippen molar-refractivity contribution in [3.05, 3.63) is 24.5 Å². The Labute approximate surface area is 100 Å². The number of aromatic nitrogens is 1. The van der Waals surface area contributed by atoms with Crippen molar-refractivity contribution in [2.75, 3.05) is 26.2 Å². The lowest BCUT2D eigenvalue weighted by atomic mass is 10.4. The third-order valence-electron chi connectivity index (χ3n) is 2.21. The van der Waals surface area contributed by atoms with Crippen LogP contribution < -0.4 is 10.1 Å². The summed E-state index contributed by atoms with van der Waals surface area (Å²) in [6, 6.07) is 3.45. The van der Waals surface area contributed by atoms with Crippen LogP contribution in [0, 0.1) is 0 Å². The van der Waals surface area contributed by atoms with E-state index in [0.29, 0.717) is 18.8 Å². The molecule has 0 aromatic carbocycles. The van der Waals surface area contributed by atoms with Crippen LogP contribution in [0.5, 0.6) is 5.75 Å². The zero-order valence-corrected chi connectivity index (χ0v) is 9.57. The Morgan fingerprint density at radius 1 is 1.44 bits per heavy atom. The van der Waals surface area contributed by atoms with Crippen molar-refractivity contribution < 1.29 is 9.53 Å². The third-order valence-corrected chi connectivity index (χ3v) is 2.21. The molecular formula is C10H14ClN3O2. The minimum Gasteiger partial charge on any atom is -0.409 e. The molecule has 0 saturated carbocycles. The predicted molar refractivity (Wildman–Crippen MR) is 62.0 cm³/mol. The van der Waals surface area contributed by atoms with E-state index in [-0.39, 0.29) is 18.5 Å². The molecule has 0 bridgehead atoms. The van der Waals surface area contributed by atoms with E-state index in [9.17, 15) is 4.79 Å². The van der Waals surface area contributed by atoms with Gasteiger partial charge in [-0.25, -0.2) is 4.79 Å². The van der Waals surface area contributed by atoms with Crippen molar-refractivity contribution in [3.63, 3.8) is 0 Å². The molecule has 1 aromatic heterocycles. The van der Waals surface area contributed by atoms with E-state index >= 15 is 0 Å². The second-order valence-electron chi connectivity index (χ2n) is 3.29. The van der Waals surface area contributed by atoms with Gasteiger partial charge in [-0.05, 0) is 12.1 Å². The lowest BCUT2D eigenvalue weighted by molar-refractivity contribution is 0.145. The Kier molecular flexibility index (Phi) is 5.01. The van der Waals surface area contributed by atoms with Gasteiger partial charge in [0.1, 0.15) is 0 Å². The van der Waals surface area contributed by atoms with Crippen molar-refractivity contribution in [3.8, 4) is 5.75 Å². The standard InChI is InChI=1S/C10H13N3O2.ClH/c14-10(13-6-4-11-5-7-13)15-9-2-1-3-12-8-9;/h1-3,8,11H,4-7H2;1H. The fourth-order valence-electron chi connectivity index (χ4n) is 1.42. The molecule has 1 aliphatic rings. The van der Waals surface area contributed by atoms with Gasteiger partial charge in [-0.1, -0.05) is 0 Å². The first-order valence-corrected chi connectivity index (χ1v) is 4.94. The van der Waals surface area contributed by atoms with Crippen LogP contribution in [0.3, 0.4) is 0 Å². The summed E-state index contributed by atoms with van der Waals surface area (Å²) in [5, 5.41) is 3.17. The largest absolute Gasteiger partial charge is 0.415 e. The molecule has 0 aliphatic carbocycles. The molecule has 0 atom stereocenters. The van der Waals surface area contributed by atoms with Crippen molar-refractivity contribution in [2.45, 2.75) is 0 Å². The maximum Gasteiger partial charge on any atom is 0.415 e. The zero-order valence-electron chi connectivity index (χ0n) is 8.76. The molecule has 2 heterocycles. The Balaban J connectivity index is 0.00000128. The van der Waals surface area contributed by atoms with Crippen molar-refractivity contribution in [2.24, 2.45) is 0 Å². The normalized spacial score (nSPS) is 15.1. The number of rotatable bonds is 1. The molecule has 6 heteroatoms. The highest BCUT2D eigenvalue weighted by molar-refractivity contribution is 5.85. The number of carbonyl (C=O) groups excluding carboxylic acids is 1. The molecule has 16 heavy (non-hydrogen) atoms. The Morgan fingerprint density at radius 2 is 2.19 bits per heavy atom. The zero-order chi connectivity index (χ0) is 10.5. The number of nitrogens with zero attached hydrogens (tertiary/aromatic N) is 2. The van der Waals surface area contributed by atoms with Crippen molar-refractivity contribution >= 4 is 18.5 Å². The molecule has 2 rings (SSSR count). The molecule has 0 spiro atoms. The number of ether oxygens (including phenoxy) is 1. The molecule has 1 fully saturated rings. The number of amides is 1. The molecule has 1 aromatic rings. The summed E-state index contributed by atoms with van der Waals surface area (Å²) in [5.41, 5.74) is 0. The molecule has 0 radical (unpaired) electrons. The molecule has 88 valence electrons. The fraction of sp³-hybridized carbons (Fsp3) is 0.400. The van der Waals surface area contributed by atoms with Gasteiger partial charge in [-0.2, -0.15) is 0 Å². The van der Waals surface area contributed by atoms with E-state index in [1.54, 1.807) is 23.2 Å². The van der Waals surface area contributed by atoms with E-state index in [0.717, 1.165) is 13.1 Å². The van der Waals surface area contributed by atoms with Gasteiger partial charge in [0.15, 0.2) is 5.75 Å². The average Bonchev–Trinajstić information content (AvgIpc) is 2.31. The summed E-state index contributed by atoms with van der Waals surface area (Å²) < 4.78 is 5.15. The van der Waals surface area contributed by atoms with Crippen molar-refractivity contribution in [1.82, 2.24) is 15.2 Å². The minimum absolute atomic E-state index is 0. The van der Waals surface area contributed by atoms with Gasteiger partial charge >= 0.3 is 6.09 Å². The maximum absolute atomic E-state index is 11.6. The predicted octanol–water partition coefficient (Wildman–Crippen LogP) is 0.907. The first kappa shape index (κ1) is 12.7. The van der Waals surface area contributed by atoms with Gasteiger partial charge < -0.3 is 15.0 Å². The van der Waals surface area contributed by atoms with Crippen LogP contribution in [-0.2, 0) is 0 Å². The molecule has 1 aliphatic heterocycles. The highest BCUT2D eigenvalue weighted by atomic mass is 35.5.